The standard InChI is InChI=1S/C24H20ClF3N4O3S/c1-3-14-8-13(2)9-17(10-14)34-6-7-35-19-5-4-16(25)11-15(19)12-18-20(29)32-23(30-21(18)33)36-22(31-32)24(26,27)28/h4-5,8-12,29H,3,6-7H2,1-2H3/b18-12-,29-20?. The maximum absolute atomic E-state index is 13.0. The largest absolute Gasteiger partial charge is 0.490 e. The van der Waals surface area contributed by atoms with Crippen LogP contribution >= 0.6 is 23.4 Å². The molecule has 0 saturated heterocycles. The molecule has 0 aliphatic carbocycles. The highest BCUT2D eigenvalue weighted by atomic mass is 35.5. The summed E-state index contributed by atoms with van der Waals surface area (Å²) in [5, 5.41) is 11.2. The Morgan fingerprint density at radius 2 is 1.92 bits per heavy atom. The molecule has 4 rings (SSSR count). The average molecular weight is 537 g/mol. The molecule has 12 heteroatoms. The number of ether oxygens (including phenoxy) is 2. The molecule has 2 aliphatic rings. The number of amides is 1. The van der Waals surface area contributed by atoms with Crippen LogP contribution in [0.15, 0.2) is 52.1 Å². The van der Waals surface area contributed by atoms with E-state index >= 15 is 0 Å². The summed E-state index contributed by atoms with van der Waals surface area (Å²) in [5.41, 5.74) is 2.35. The fraction of sp³-hybridized carbons (Fsp3) is 0.250. The van der Waals surface area contributed by atoms with Crippen LogP contribution in [0.1, 0.15) is 23.6 Å². The third kappa shape index (κ3) is 5.73. The number of carbonyl (C=O) groups is 1. The molecule has 188 valence electrons. The molecule has 2 aromatic carbocycles. The van der Waals surface area contributed by atoms with Crippen LogP contribution < -0.4 is 9.47 Å². The lowest BCUT2D eigenvalue weighted by molar-refractivity contribution is -0.114. The minimum absolute atomic E-state index is 0.170. The van der Waals surface area contributed by atoms with E-state index in [2.05, 4.69) is 23.1 Å². The lowest BCUT2D eigenvalue weighted by Gasteiger charge is -2.20. The van der Waals surface area contributed by atoms with Crippen molar-refractivity contribution in [1.29, 1.82) is 5.41 Å². The van der Waals surface area contributed by atoms with Crippen LogP contribution in [0.2, 0.25) is 5.02 Å². The van der Waals surface area contributed by atoms with Gasteiger partial charge in [-0.05, 0) is 72.6 Å². The maximum atomic E-state index is 13.0. The van der Waals surface area contributed by atoms with Crippen molar-refractivity contribution in [1.82, 2.24) is 5.01 Å². The van der Waals surface area contributed by atoms with Crippen molar-refractivity contribution in [2.75, 3.05) is 13.2 Å². The monoisotopic (exact) mass is 536 g/mol. The number of hydrogen-bond donors (Lipinski definition) is 1. The first-order valence-corrected chi connectivity index (χ1v) is 12.0. The van der Waals surface area contributed by atoms with Gasteiger partial charge in [0.15, 0.2) is 5.84 Å². The van der Waals surface area contributed by atoms with Gasteiger partial charge in [0.25, 0.3) is 5.91 Å². The molecule has 0 atom stereocenters. The van der Waals surface area contributed by atoms with Gasteiger partial charge in [-0.1, -0.05) is 24.6 Å². The first-order chi connectivity index (χ1) is 17.0. The number of nitrogens with zero attached hydrogens (tertiary/aromatic N) is 3. The van der Waals surface area contributed by atoms with E-state index in [4.69, 9.17) is 26.5 Å². The van der Waals surface area contributed by atoms with Crippen LogP contribution in [0, 0.1) is 12.3 Å². The van der Waals surface area contributed by atoms with Crippen molar-refractivity contribution in [3.05, 3.63) is 63.7 Å². The highest BCUT2D eigenvalue weighted by Gasteiger charge is 2.46. The smallest absolute Gasteiger partial charge is 0.441 e. The number of fused-ring (bicyclic) bond motifs is 1. The van der Waals surface area contributed by atoms with Crippen molar-refractivity contribution in [3.63, 3.8) is 0 Å². The van der Waals surface area contributed by atoms with Crippen molar-refractivity contribution < 1.29 is 27.4 Å². The molecule has 0 radical (unpaired) electrons. The Morgan fingerprint density at radius 1 is 1.17 bits per heavy atom. The number of nitrogens with one attached hydrogen (secondary N) is 1. The fourth-order valence-electron chi connectivity index (χ4n) is 3.45. The van der Waals surface area contributed by atoms with Crippen LogP contribution in [0.25, 0.3) is 6.08 Å². The average Bonchev–Trinajstić information content (AvgIpc) is 3.25. The number of hydrazone groups is 1. The molecule has 0 fully saturated rings. The number of amidine groups is 2. The van der Waals surface area contributed by atoms with Gasteiger partial charge in [-0.3, -0.25) is 10.2 Å². The number of hydrogen-bond acceptors (Lipinski definition) is 6. The van der Waals surface area contributed by atoms with E-state index in [1.807, 2.05) is 19.1 Å². The van der Waals surface area contributed by atoms with Gasteiger partial charge in [0.1, 0.15) is 24.7 Å². The van der Waals surface area contributed by atoms with Gasteiger partial charge in [-0.2, -0.15) is 28.3 Å². The van der Waals surface area contributed by atoms with Gasteiger partial charge in [0.2, 0.25) is 10.2 Å². The molecule has 2 aliphatic heterocycles. The zero-order valence-electron chi connectivity index (χ0n) is 19.1. The topological polar surface area (TPSA) is 87.3 Å². The summed E-state index contributed by atoms with van der Waals surface area (Å²) in [7, 11) is 0. The number of carbonyl (C=O) groups excluding carboxylic acids is 1. The molecule has 1 amide bonds. The van der Waals surface area contributed by atoms with E-state index < -0.39 is 23.0 Å². The Kier molecular flexibility index (Phi) is 7.41. The Bertz CT molecular complexity index is 1320. The van der Waals surface area contributed by atoms with Crippen LogP contribution in [-0.4, -0.2) is 46.4 Å². The van der Waals surface area contributed by atoms with E-state index in [1.165, 1.54) is 12.1 Å². The third-order valence-corrected chi connectivity index (χ3v) is 6.29. The Labute approximate surface area is 214 Å². The third-order valence-electron chi connectivity index (χ3n) is 5.10. The first-order valence-electron chi connectivity index (χ1n) is 10.8. The minimum Gasteiger partial charge on any atom is -0.490 e. The molecule has 0 saturated carbocycles. The number of thioether (sulfide) groups is 1. The predicted octanol–water partition coefficient (Wildman–Crippen LogP) is 5.85. The summed E-state index contributed by atoms with van der Waals surface area (Å²) in [4.78, 5) is 16.2. The van der Waals surface area contributed by atoms with Crippen molar-refractivity contribution in [2.45, 2.75) is 26.4 Å². The molecule has 0 aromatic heterocycles. The summed E-state index contributed by atoms with van der Waals surface area (Å²) in [5.74, 6) is -0.319. The van der Waals surface area contributed by atoms with Crippen molar-refractivity contribution in [3.8, 4) is 11.5 Å². The molecule has 2 heterocycles. The highest BCUT2D eigenvalue weighted by Crippen LogP contribution is 2.36. The zero-order chi connectivity index (χ0) is 26.0. The van der Waals surface area contributed by atoms with Gasteiger partial charge in [-0.15, -0.1) is 0 Å². The number of halogens is 4. The molecule has 0 unspecified atom stereocenters. The molecule has 0 bridgehead atoms. The number of benzene rings is 2. The number of aliphatic imine (C=N–C) groups is 1. The molecular formula is C24H20ClF3N4O3S. The summed E-state index contributed by atoms with van der Waals surface area (Å²) in [6.45, 7) is 4.46. The van der Waals surface area contributed by atoms with Crippen molar-refractivity contribution in [2.24, 2.45) is 10.1 Å². The first kappa shape index (κ1) is 25.8. The summed E-state index contributed by atoms with van der Waals surface area (Å²) in [6, 6.07) is 10.7. The second kappa shape index (κ2) is 10.4. The van der Waals surface area contributed by atoms with E-state index in [9.17, 15) is 18.0 Å². The molecule has 36 heavy (non-hydrogen) atoms. The van der Waals surface area contributed by atoms with E-state index in [0.717, 1.165) is 23.3 Å². The number of alkyl halides is 3. The van der Waals surface area contributed by atoms with E-state index in [1.54, 1.807) is 12.1 Å². The maximum Gasteiger partial charge on any atom is 0.441 e. The zero-order valence-corrected chi connectivity index (χ0v) is 20.7. The summed E-state index contributed by atoms with van der Waals surface area (Å²) >= 11 is 6.30. The van der Waals surface area contributed by atoms with Gasteiger partial charge < -0.3 is 9.47 Å². The SMILES string of the molecule is CCc1cc(C)cc(OCCOc2ccc(Cl)cc2/C=C2/C(=N)N3N=C(C(F)(F)F)SC3=NC2=O)c1. The second-order valence-electron chi connectivity index (χ2n) is 7.81. The molecular weight excluding hydrogens is 517 g/mol. The quantitative estimate of drug-likeness (QED) is 0.354. The van der Waals surface area contributed by atoms with E-state index in [-0.39, 0.29) is 35.7 Å². The van der Waals surface area contributed by atoms with Crippen LogP contribution in [0.4, 0.5) is 13.2 Å². The second-order valence-corrected chi connectivity index (χ2v) is 9.20. The van der Waals surface area contributed by atoms with Gasteiger partial charge in [0, 0.05) is 10.6 Å². The van der Waals surface area contributed by atoms with Crippen molar-refractivity contribution >= 4 is 51.4 Å². The molecule has 1 N–H and O–H groups in total. The van der Waals surface area contributed by atoms with Crippen LogP contribution in [0.5, 0.6) is 11.5 Å². The van der Waals surface area contributed by atoms with Gasteiger partial charge >= 0.3 is 6.18 Å². The number of aryl methyl sites for hydroxylation is 2. The van der Waals surface area contributed by atoms with Crippen LogP contribution in [-0.2, 0) is 11.2 Å². The Hall–Kier alpha value is -3.31. The molecule has 2 aromatic rings. The van der Waals surface area contributed by atoms with Gasteiger partial charge in [-0.25, -0.2) is 0 Å². The highest BCUT2D eigenvalue weighted by molar-refractivity contribution is 8.27. The normalized spacial score (nSPS) is 16.7. The van der Waals surface area contributed by atoms with Gasteiger partial charge in [0.05, 0.1) is 5.57 Å². The molecule has 7 nitrogen and oxygen atoms in total. The fourth-order valence-corrected chi connectivity index (χ4v) is 4.39. The lowest BCUT2D eigenvalue weighted by atomic mass is 10.1. The lowest BCUT2D eigenvalue weighted by Crippen LogP contribution is -2.35. The summed E-state index contributed by atoms with van der Waals surface area (Å²) < 4.78 is 50.7. The Morgan fingerprint density at radius 3 is 2.64 bits per heavy atom. The predicted molar refractivity (Wildman–Crippen MR) is 134 cm³/mol. The van der Waals surface area contributed by atoms with Crippen LogP contribution in [0.3, 0.4) is 0 Å². The molecule has 0 spiro atoms. The number of rotatable bonds is 7. The summed E-state index contributed by atoms with van der Waals surface area (Å²) in [6.07, 6.45) is -2.53. The van der Waals surface area contributed by atoms with E-state index in [0.29, 0.717) is 21.3 Å². The minimum atomic E-state index is -4.72. The Balaban J connectivity index is 1.51.